The van der Waals surface area contributed by atoms with Crippen LogP contribution in [-0.4, -0.2) is 4.98 Å². The van der Waals surface area contributed by atoms with Crippen molar-refractivity contribution in [2.45, 2.75) is 44.9 Å². The molecule has 72 valence electrons. The molecule has 1 heterocycles. The van der Waals surface area contributed by atoms with Gasteiger partial charge in [-0.15, -0.1) is 0 Å². The van der Waals surface area contributed by atoms with E-state index in [1.165, 1.54) is 31.4 Å². The van der Waals surface area contributed by atoms with E-state index < -0.39 is 0 Å². The van der Waals surface area contributed by atoms with Crippen molar-refractivity contribution >= 4 is 12.2 Å². The topological polar surface area (TPSA) is 28.9 Å². The van der Waals surface area contributed by atoms with Crippen LogP contribution in [0.2, 0.25) is 0 Å². The van der Waals surface area contributed by atoms with Gasteiger partial charge in [0, 0.05) is 12.3 Å². The molecule has 13 heavy (non-hydrogen) atoms. The molecule has 2 nitrogen and oxygen atoms in total. The lowest BCUT2D eigenvalue weighted by Gasteiger charge is -2.06. The van der Waals surface area contributed by atoms with Crippen LogP contribution in [0.3, 0.4) is 0 Å². The Morgan fingerprint density at radius 3 is 2.77 bits per heavy atom. The number of H-pyrrole nitrogens is 1. The summed E-state index contributed by atoms with van der Waals surface area (Å²) in [6, 6.07) is 0. The molecule has 0 radical (unpaired) electrons. The van der Waals surface area contributed by atoms with E-state index in [1.54, 1.807) is 0 Å². The lowest BCUT2D eigenvalue weighted by Crippen LogP contribution is -1.96. The van der Waals surface area contributed by atoms with Crippen LogP contribution in [0.25, 0.3) is 0 Å². The first-order valence-electron chi connectivity index (χ1n) is 5.03. The predicted molar refractivity (Wildman–Crippen MR) is 54.5 cm³/mol. The fraction of sp³-hybridized carbons (Fsp3) is 0.700. The normalized spacial score (nSPS) is 18.2. The molecular weight excluding hydrogens is 182 g/mol. The molecule has 0 spiro atoms. The first-order chi connectivity index (χ1) is 6.31. The van der Waals surface area contributed by atoms with E-state index in [9.17, 15) is 0 Å². The van der Waals surface area contributed by atoms with E-state index in [-0.39, 0.29) is 0 Å². The van der Waals surface area contributed by atoms with Crippen LogP contribution in [-0.2, 0) is 6.42 Å². The molecule has 0 aromatic carbocycles. The molecule has 0 unspecified atom stereocenters. The zero-order valence-electron chi connectivity index (χ0n) is 7.93. The first-order valence-corrected chi connectivity index (χ1v) is 5.44. The summed E-state index contributed by atoms with van der Waals surface area (Å²) in [5, 5.41) is 0. The minimum atomic E-state index is 0.541. The van der Waals surface area contributed by atoms with Gasteiger partial charge >= 0.3 is 0 Å². The smallest absolute Gasteiger partial charge is 0.266 e. The monoisotopic (exact) mass is 197 g/mol. The number of aryl methyl sites for hydroxylation is 1. The molecule has 2 rings (SSSR count). The van der Waals surface area contributed by atoms with E-state index in [4.69, 9.17) is 16.6 Å². The Balaban J connectivity index is 2.31. The van der Waals surface area contributed by atoms with E-state index in [2.05, 4.69) is 11.9 Å². The van der Waals surface area contributed by atoms with Gasteiger partial charge in [-0.3, -0.25) is 0 Å². The predicted octanol–water partition coefficient (Wildman–Crippen LogP) is 3.56. The SMILES string of the molecule is CCc1oc(=S)[nH]c1C1CCCC1. The highest BCUT2D eigenvalue weighted by Gasteiger charge is 2.22. The van der Waals surface area contributed by atoms with Crippen molar-refractivity contribution in [3.63, 3.8) is 0 Å². The van der Waals surface area contributed by atoms with E-state index in [0.29, 0.717) is 10.8 Å². The van der Waals surface area contributed by atoms with Crippen molar-refractivity contribution in [2.24, 2.45) is 0 Å². The number of hydrogen-bond donors (Lipinski definition) is 1. The summed E-state index contributed by atoms with van der Waals surface area (Å²) in [6.45, 7) is 2.11. The molecular formula is C10H15NOS. The van der Waals surface area contributed by atoms with Gasteiger partial charge in [-0.2, -0.15) is 0 Å². The molecule has 1 aromatic rings. The number of aromatic amines is 1. The number of rotatable bonds is 2. The molecule has 1 aliphatic carbocycles. The maximum absolute atomic E-state index is 5.44. The van der Waals surface area contributed by atoms with E-state index >= 15 is 0 Å². The summed E-state index contributed by atoms with van der Waals surface area (Å²) in [4.78, 5) is 3.73. The number of nitrogens with one attached hydrogen (secondary N) is 1. The third-order valence-corrected chi connectivity index (χ3v) is 3.02. The molecule has 1 aliphatic rings. The van der Waals surface area contributed by atoms with Crippen molar-refractivity contribution in [2.75, 3.05) is 0 Å². The maximum Gasteiger partial charge on any atom is 0.266 e. The third-order valence-electron chi connectivity index (χ3n) is 2.84. The third kappa shape index (κ3) is 1.70. The van der Waals surface area contributed by atoms with Crippen LogP contribution >= 0.6 is 12.2 Å². The fourth-order valence-corrected chi connectivity index (χ4v) is 2.39. The van der Waals surface area contributed by atoms with Gasteiger partial charge in [0.15, 0.2) is 0 Å². The number of aromatic nitrogens is 1. The quantitative estimate of drug-likeness (QED) is 0.734. The van der Waals surface area contributed by atoms with Gasteiger partial charge in [0.1, 0.15) is 5.76 Å². The van der Waals surface area contributed by atoms with Crippen LogP contribution in [0.1, 0.15) is 50.0 Å². The molecule has 1 aromatic heterocycles. The van der Waals surface area contributed by atoms with Crippen molar-refractivity contribution in [3.05, 3.63) is 16.3 Å². The minimum Gasteiger partial charge on any atom is -0.434 e. The van der Waals surface area contributed by atoms with Crippen LogP contribution in [0.15, 0.2) is 4.42 Å². The van der Waals surface area contributed by atoms with Gasteiger partial charge in [0.2, 0.25) is 0 Å². The average Bonchev–Trinajstić information content (AvgIpc) is 2.71. The van der Waals surface area contributed by atoms with Crippen molar-refractivity contribution in [1.82, 2.24) is 4.98 Å². The van der Waals surface area contributed by atoms with Crippen molar-refractivity contribution in [3.8, 4) is 0 Å². The molecule has 0 amide bonds. The average molecular weight is 197 g/mol. The minimum absolute atomic E-state index is 0.541. The molecule has 3 heteroatoms. The van der Waals surface area contributed by atoms with Gasteiger partial charge in [-0.25, -0.2) is 0 Å². The zero-order chi connectivity index (χ0) is 9.26. The second-order valence-corrected chi connectivity index (χ2v) is 4.06. The molecule has 0 aliphatic heterocycles. The van der Waals surface area contributed by atoms with Gasteiger partial charge in [-0.05, 0) is 25.1 Å². The van der Waals surface area contributed by atoms with Gasteiger partial charge in [0.05, 0.1) is 5.69 Å². The van der Waals surface area contributed by atoms with E-state index in [1.807, 2.05) is 0 Å². The largest absolute Gasteiger partial charge is 0.434 e. The Morgan fingerprint density at radius 1 is 1.46 bits per heavy atom. The fourth-order valence-electron chi connectivity index (χ4n) is 2.18. The Hall–Kier alpha value is -0.570. The lowest BCUT2D eigenvalue weighted by molar-refractivity contribution is 0.489. The lowest BCUT2D eigenvalue weighted by atomic mass is 10.0. The summed E-state index contributed by atoms with van der Waals surface area (Å²) in [5.41, 5.74) is 1.27. The van der Waals surface area contributed by atoms with Gasteiger partial charge < -0.3 is 9.40 Å². The van der Waals surface area contributed by atoms with Crippen LogP contribution in [0.5, 0.6) is 0 Å². The summed E-state index contributed by atoms with van der Waals surface area (Å²) in [7, 11) is 0. The molecule has 1 N–H and O–H groups in total. The molecule has 0 saturated heterocycles. The highest BCUT2D eigenvalue weighted by Crippen LogP contribution is 2.35. The molecule has 1 saturated carbocycles. The van der Waals surface area contributed by atoms with Crippen molar-refractivity contribution in [1.29, 1.82) is 0 Å². The Morgan fingerprint density at radius 2 is 2.15 bits per heavy atom. The summed E-state index contributed by atoms with van der Waals surface area (Å²) in [6.07, 6.45) is 6.22. The highest BCUT2D eigenvalue weighted by molar-refractivity contribution is 7.71. The Bertz CT molecular complexity index is 333. The second-order valence-electron chi connectivity index (χ2n) is 3.69. The molecule has 0 atom stereocenters. The Kier molecular flexibility index (Phi) is 2.54. The van der Waals surface area contributed by atoms with Crippen LogP contribution in [0, 0.1) is 4.84 Å². The number of hydrogen-bond acceptors (Lipinski definition) is 2. The molecule has 0 bridgehead atoms. The summed E-state index contributed by atoms with van der Waals surface area (Å²) < 4.78 is 5.44. The standard InChI is InChI=1S/C10H15NOS/c1-2-8-9(11-10(13)12-8)7-5-3-4-6-7/h7H,2-6H2,1H3,(H,11,13). The van der Waals surface area contributed by atoms with Gasteiger partial charge in [-0.1, -0.05) is 19.8 Å². The summed E-state index contributed by atoms with van der Waals surface area (Å²) >= 11 is 5.00. The van der Waals surface area contributed by atoms with Crippen LogP contribution in [0.4, 0.5) is 0 Å². The summed E-state index contributed by atoms with van der Waals surface area (Å²) in [5.74, 6) is 1.74. The highest BCUT2D eigenvalue weighted by atomic mass is 32.1. The number of oxazole rings is 1. The van der Waals surface area contributed by atoms with Crippen LogP contribution < -0.4 is 0 Å². The van der Waals surface area contributed by atoms with E-state index in [0.717, 1.165) is 12.2 Å². The van der Waals surface area contributed by atoms with Crippen molar-refractivity contribution < 1.29 is 4.42 Å². The second kappa shape index (κ2) is 3.66. The van der Waals surface area contributed by atoms with Gasteiger partial charge in [0.25, 0.3) is 4.84 Å². The first kappa shape index (κ1) is 9.00. The Labute approximate surface area is 83.4 Å². The molecule has 1 fully saturated rings. The zero-order valence-corrected chi connectivity index (χ0v) is 8.75. The maximum atomic E-state index is 5.44.